The van der Waals surface area contributed by atoms with E-state index in [0.29, 0.717) is 0 Å². The molecule has 8 heteroatoms. The van der Waals surface area contributed by atoms with Crippen LogP contribution in [-0.2, 0) is 19.5 Å². The summed E-state index contributed by atoms with van der Waals surface area (Å²) in [4.78, 5) is 17.8. The summed E-state index contributed by atoms with van der Waals surface area (Å²) in [6.45, 7) is 1.21. The molecule has 6 nitrogen and oxygen atoms in total. The van der Waals surface area contributed by atoms with Crippen molar-refractivity contribution in [1.29, 1.82) is 0 Å². The van der Waals surface area contributed by atoms with E-state index in [-0.39, 0.29) is 17.9 Å². The Labute approximate surface area is 144 Å². The number of hydrogen-bond donors (Lipinski definition) is 2. The number of aromatic nitrogens is 2. The number of carbonyl (C=O) groups excluding carboxylic acids is 1. The maximum Gasteiger partial charge on any atom is 0.319 e. The Morgan fingerprint density at radius 2 is 2.00 bits per heavy atom. The highest BCUT2D eigenvalue weighted by molar-refractivity contribution is 5.89. The lowest BCUT2D eigenvalue weighted by molar-refractivity contribution is 0.251. The first kappa shape index (κ1) is 17.2. The van der Waals surface area contributed by atoms with Crippen LogP contribution in [0.25, 0.3) is 0 Å². The number of halogens is 2. The van der Waals surface area contributed by atoms with Crippen molar-refractivity contribution in [3.8, 4) is 0 Å². The predicted octanol–water partition coefficient (Wildman–Crippen LogP) is 2.89. The third kappa shape index (κ3) is 3.89. The van der Waals surface area contributed by atoms with Crippen LogP contribution in [0, 0.1) is 11.6 Å². The van der Waals surface area contributed by atoms with Crippen LogP contribution in [-0.4, -0.2) is 29.7 Å². The molecule has 3 rings (SSSR count). The molecule has 1 aliphatic heterocycles. The molecule has 134 valence electrons. The van der Waals surface area contributed by atoms with Gasteiger partial charge in [0.1, 0.15) is 11.5 Å². The Hall–Kier alpha value is -2.64. The third-order valence-electron chi connectivity index (χ3n) is 4.11. The highest BCUT2D eigenvalue weighted by atomic mass is 19.1. The molecule has 0 saturated carbocycles. The van der Waals surface area contributed by atoms with Crippen molar-refractivity contribution in [2.75, 3.05) is 24.3 Å². The number of nitrogens with one attached hydrogen (secondary N) is 2. The minimum absolute atomic E-state index is 0.0576. The molecule has 1 aromatic carbocycles. The van der Waals surface area contributed by atoms with Crippen molar-refractivity contribution in [3.63, 3.8) is 0 Å². The molecular weight excluding hydrogens is 328 g/mol. The molecular formula is C17H21F2N5O. The van der Waals surface area contributed by atoms with E-state index in [1.165, 1.54) is 4.90 Å². The van der Waals surface area contributed by atoms with Crippen molar-refractivity contribution in [1.82, 2.24) is 14.9 Å². The van der Waals surface area contributed by atoms with Gasteiger partial charge in [0.25, 0.3) is 0 Å². The van der Waals surface area contributed by atoms with Crippen LogP contribution < -0.4 is 15.5 Å². The molecule has 0 aliphatic carbocycles. The molecule has 25 heavy (non-hydrogen) atoms. The second-order valence-electron chi connectivity index (χ2n) is 6.29. The summed E-state index contributed by atoms with van der Waals surface area (Å²) in [7, 11) is 3.09. The van der Waals surface area contributed by atoms with E-state index in [2.05, 4.69) is 20.2 Å². The van der Waals surface area contributed by atoms with Crippen LogP contribution in [0.2, 0.25) is 0 Å². The van der Waals surface area contributed by atoms with Crippen molar-refractivity contribution in [2.45, 2.75) is 32.4 Å². The number of benzene rings is 1. The number of anilines is 2. The largest absolute Gasteiger partial charge is 0.373 e. The Kier molecular flexibility index (Phi) is 4.87. The van der Waals surface area contributed by atoms with Gasteiger partial charge in [0, 0.05) is 38.9 Å². The van der Waals surface area contributed by atoms with E-state index in [1.54, 1.807) is 14.1 Å². The van der Waals surface area contributed by atoms with E-state index in [1.807, 2.05) is 6.20 Å². The first-order valence-electron chi connectivity index (χ1n) is 8.20. The van der Waals surface area contributed by atoms with E-state index in [4.69, 9.17) is 0 Å². The van der Waals surface area contributed by atoms with E-state index in [0.717, 1.165) is 49.5 Å². The molecule has 0 saturated heterocycles. The number of fused-ring (bicyclic) bond motifs is 1. The average Bonchev–Trinajstić information content (AvgIpc) is 2.94. The van der Waals surface area contributed by atoms with Gasteiger partial charge in [-0.05, 0) is 25.0 Å². The van der Waals surface area contributed by atoms with Crippen molar-refractivity contribution < 1.29 is 13.6 Å². The lowest BCUT2D eigenvalue weighted by Crippen LogP contribution is -2.28. The Morgan fingerprint density at radius 1 is 1.28 bits per heavy atom. The van der Waals surface area contributed by atoms with Gasteiger partial charge in [-0.2, -0.15) is 0 Å². The minimum Gasteiger partial charge on any atom is -0.373 e. The fourth-order valence-corrected chi connectivity index (χ4v) is 2.97. The number of urea groups is 1. The molecule has 0 fully saturated rings. The number of hydrogen-bond acceptors (Lipinski definition) is 3. The molecule has 0 radical (unpaired) electrons. The van der Waals surface area contributed by atoms with Crippen LogP contribution in [0.1, 0.15) is 24.4 Å². The number of imidazole rings is 1. The van der Waals surface area contributed by atoms with Crippen molar-refractivity contribution in [3.05, 3.63) is 41.5 Å². The second-order valence-corrected chi connectivity index (χ2v) is 6.29. The monoisotopic (exact) mass is 349 g/mol. The summed E-state index contributed by atoms with van der Waals surface area (Å²) in [5.41, 5.74) is 0.684. The van der Waals surface area contributed by atoms with Crippen molar-refractivity contribution in [2.24, 2.45) is 0 Å². The molecule has 0 spiro atoms. The summed E-state index contributed by atoms with van der Waals surface area (Å²) in [5.74, 6) is -0.434. The SMILES string of the molecule is CN(C)c1c(F)cc(NC(=O)NCc2cn3c(n2)CCCC3)cc1F. The van der Waals surface area contributed by atoms with Gasteiger partial charge in [0.2, 0.25) is 0 Å². The highest BCUT2D eigenvalue weighted by Gasteiger charge is 2.15. The zero-order valence-electron chi connectivity index (χ0n) is 14.3. The lowest BCUT2D eigenvalue weighted by atomic mass is 10.2. The van der Waals surface area contributed by atoms with Crippen LogP contribution in [0.4, 0.5) is 25.0 Å². The Balaban J connectivity index is 1.60. The first-order valence-corrected chi connectivity index (χ1v) is 8.20. The summed E-state index contributed by atoms with van der Waals surface area (Å²) in [6.07, 6.45) is 5.14. The van der Waals surface area contributed by atoms with E-state index in [9.17, 15) is 13.6 Å². The Morgan fingerprint density at radius 3 is 2.64 bits per heavy atom. The maximum absolute atomic E-state index is 13.9. The molecule has 2 amide bonds. The van der Waals surface area contributed by atoms with Crippen LogP contribution in [0.15, 0.2) is 18.3 Å². The number of nitrogens with zero attached hydrogens (tertiary/aromatic N) is 3. The third-order valence-corrected chi connectivity index (χ3v) is 4.11. The normalized spacial score (nSPS) is 13.3. The van der Waals surface area contributed by atoms with Crippen LogP contribution >= 0.6 is 0 Å². The second kappa shape index (κ2) is 7.08. The average molecular weight is 349 g/mol. The van der Waals surface area contributed by atoms with Crippen LogP contribution in [0.5, 0.6) is 0 Å². The maximum atomic E-state index is 13.9. The first-order chi connectivity index (χ1) is 11.9. The van der Waals surface area contributed by atoms with Gasteiger partial charge in [-0.15, -0.1) is 0 Å². The standard InChI is InChI=1S/C17H21F2N5O/c1-23(2)16-13(18)7-11(8-14(16)19)22-17(25)20-9-12-10-24-6-4-3-5-15(24)21-12/h7-8,10H,3-6,9H2,1-2H3,(H2,20,22,25). The predicted molar refractivity (Wildman–Crippen MR) is 91.7 cm³/mol. The summed E-state index contributed by atoms with van der Waals surface area (Å²) < 4.78 is 30.0. The highest BCUT2D eigenvalue weighted by Crippen LogP contribution is 2.25. The number of rotatable bonds is 4. The molecule has 0 unspecified atom stereocenters. The van der Waals surface area contributed by atoms with Gasteiger partial charge in [0.05, 0.1) is 12.2 Å². The zero-order chi connectivity index (χ0) is 18.0. The van der Waals surface area contributed by atoms with Gasteiger partial charge in [0.15, 0.2) is 11.6 Å². The van der Waals surface area contributed by atoms with Crippen molar-refractivity contribution >= 4 is 17.4 Å². The summed E-state index contributed by atoms with van der Waals surface area (Å²) in [6, 6.07) is 1.64. The van der Waals surface area contributed by atoms with E-state index >= 15 is 0 Å². The minimum atomic E-state index is -0.734. The zero-order valence-corrected chi connectivity index (χ0v) is 14.3. The number of amides is 2. The van der Waals surface area contributed by atoms with Gasteiger partial charge in [-0.25, -0.2) is 18.6 Å². The molecule has 0 atom stereocenters. The van der Waals surface area contributed by atoms with Gasteiger partial charge >= 0.3 is 6.03 Å². The number of aryl methyl sites for hydroxylation is 2. The summed E-state index contributed by atoms with van der Waals surface area (Å²) >= 11 is 0. The molecule has 1 aliphatic rings. The summed E-state index contributed by atoms with van der Waals surface area (Å²) in [5, 5.41) is 5.09. The quantitative estimate of drug-likeness (QED) is 0.892. The number of carbonyl (C=O) groups is 1. The van der Waals surface area contributed by atoms with E-state index < -0.39 is 17.7 Å². The fraction of sp³-hybridized carbons (Fsp3) is 0.412. The lowest BCUT2D eigenvalue weighted by Gasteiger charge is -2.16. The molecule has 2 heterocycles. The molecule has 1 aromatic heterocycles. The van der Waals surface area contributed by atoms with Gasteiger partial charge in [-0.3, -0.25) is 0 Å². The van der Waals surface area contributed by atoms with Gasteiger partial charge < -0.3 is 20.1 Å². The molecule has 0 bridgehead atoms. The topological polar surface area (TPSA) is 62.2 Å². The molecule has 2 N–H and O–H groups in total. The van der Waals surface area contributed by atoms with Crippen LogP contribution in [0.3, 0.4) is 0 Å². The van der Waals surface area contributed by atoms with Gasteiger partial charge in [-0.1, -0.05) is 0 Å². The Bertz CT molecular complexity index is 741. The molecule has 2 aromatic rings. The smallest absolute Gasteiger partial charge is 0.319 e. The fourth-order valence-electron chi connectivity index (χ4n) is 2.97.